The maximum Gasteiger partial charge on any atom is 0.407 e. The van der Waals surface area contributed by atoms with E-state index in [-0.39, 0.29) is 27.3 Å². The van der Waals surface area contributed by atoms with Gasteiger partial charge in [0, 0.05) is 30.6 Å². The minimum atomic E-state index is -1.90. The van der Waals surface area contributed by atoms with E-state index in [2.05, 4.69) is 38.6 Å². The van der Waals surface area contributed by atoms with Crippen LogP contribution in [0.25, 0.3) is 0 Å². The molecule has 0 bridgehead atoms. The Kier molecular flexibility index (Phi) is 6.94. The molecule has 2 rings (SSSR count). The first-order chi connectivity index (χ1) is 12.6. The highest BCUT2D eigenvalue weighted by Gasteiger charge is 2.53. The quantitative estimate of drug-likeness (QED) is 0.509. The van der Waals surface area contributed by atoms with Crippen molar-refractivity contribution in [3.8, 4) is 0 Å². The first-order valence-corrected chi connectivity index (χ1v) is 14.5. The van der Waals surface area contributed by atoms with Gasteiger partial charge in [-0.15, -0.1) is 4.72 Å². The van der Waals surface area contributed by atoms with Gasteiger partial charge in [0.2, 0.25) is 0 Å². The van der Waals surface area contributed by atoms with E-state index in [0.29, 0.717) is 13.1 Å². The van der Waals surface area contributed by atoms with Crippen LogP contribution < -0.4 is 4.72 Å². The summed E-state index contributed by atoms with van der Waals surface area (Å²) < 4.78 is 22.7. The molecule has 0 aromatic rings. The molecule has 1 aliphatic heterocycles. The Morgan fingerprint density at radius 1 is 1.21 bits per heavy atom. The molecule has 1 aliphatic carbocycles. The topological polar surface area (TPSA) is 84.9 Å². The van der Waals surface area contributed by atoms with Gasteiger partial charge in [0.15, 0.2) is 8.32 Å². The monoisotopic (exact) mass is 432 g/mol. The van der Waals surface area contributed by atoms with E-state index < -0.39 is 25.8 Å². The standard InChI is InChI=1S/C20H40N2O4SSi/c1-18(2,3)27(25)21-16-13-15(26-28(7,8)19(4,5)6)14-20(16)9-11-22(12-10-20)17(23)24/h15-16,21H,9-14H2,1-8H3,(H,23,24)/t15?,16-,27?/m1/s1. The number of amides is 1. The van der Waals surface area contributed by atoms with Crippen molar-refractivity contribution in [2.24, 2.45) is 5.41 Å². The molecule has 1 spiro atoms. The van der Waals surface area contributed by atoms with Crippen LogP contribution in [0.4, 0.5) is 4.79 Å². The minimum absolute atomic E-state index is 0.0418. The van der Waals surface area contributed by atoms with Gasteiger partial charge in [0.25, 0.3) is 0 Å². The predicted octanol–water partition coefficient (Wildman–Crippen LogP) is 4.35. The number of carboxylic acid groups (broad SMARTS) is 1. The number of hydrogen-bond acceptors (Lipinski definition) is 4. The molecular formula is C20H40N2O4SSi. The van der Waals surface area contributed by atoms with Crippen LogP contribution in [0.3, 0.4) is 0 Å². The summed E-state index contributed by atoms with van der Waals surface area (Å²) in [5, 5.41) is 9.47. The van der Waals surface area contributed by atoms with Crippen LogP contribution in [0.15, 0.2) is 0 Å². The van der Waals surface area contributed by atoms with Crippen LogP contribution in [0, 0.1) is 5.41 Å². The summed E-state index contributed by atoms with van der Waals surface area (Å²) in [4.78, 5) is 12.9. The number of likely N-dealkylation sites (tertiary alicyclic amines) is 1. The number of rotatable bonds is 4. The fraction of sp³-hybridized carbons (Fsp3) is 0.950. The van der Waals surface area contributed by atoms with Crippen molar-refractivity contribution >= 4 is 25.8 Å². The second-order valence-electron chi connectivity index (χ2n) is 11.1. The van der Waals surface area contributed by atoms with Gasteiger partial charge in [0.1, 0.15) is 4.75 Å². The first-order valence-electron chi connectivity index (χ1n) is 10.4. The van der Waals surface area contributed by atoms with E-state index in [0.717, 1.165) is 25.7 Å². The SMILES string of the molecule is CC(C)(C)[S+]([O-])N[C@@H]1CC(O[Si](C)(C)C(C)(C)C)CC12CCN(C(=O)O)CC2. The maximum atomic E-state index is 12.8. The smallest absolute Gasteiger partial charge is 0.407 e. The van der Waals surface area contributed by atoms with Crippen molar-refractivity contribution < 1.29 is 18.9 Å². The number of nitrogens with zero attached hydrogens (tertiary/aromatic N) is 1. The zero-order valence-electron chi connectivity index (χ0n) is 18.9. The zero-order chi connectivity index (χ0) is 21.5. The number of carbonyl (C=O) groups is 1. The molecule has 1 saturated carbocycles. The van der Waals surface area contributed by atoms with Crippen LogP contribution >= 0.6 is 0 Å². The molecule has 8 heteroatoms. The summed E-state index contributed by atoms with van der Waals surface area (Å²) in [7, 11) is -1.90. The molecular weight excluding hydrogens is 392 g/mol. The molecule has 0 aromatic heterocycles. The van der Waals surface area contributed by atoms with Crippen molar-refractivity contribution in [2.75, 3.05) is 13.1 Å². The molecule has 164 valence electrons. The lowest BCUT2D eigenvalue weighted by Gasteiger charge is -2.43. The summed E-state index contributed by atoms with van der Waals surface area (Å²) in [5.74, 6) is 0. The van der Waals surface area contributed by atoms with Crippen molar-refractivity contribution in [3.63, 3.8) is 0 Å². The lowest BCUT2D eigenvalue weighted by molar-refractivity contribution is 0.0730. The third-order valence-corrected chi connectivity index (χ3v) is 13.1. The van der Waals surface area contributed by atoms with Crippen molar-refractivity contribution in [2.45, 2.75) is 102 Å². The Bertz CT molecular complexity index is 566. The lowest BCUT2D eigenvalue weighted by Crippen LogP contribution is -2.53. The fourth-order valence-corrected chi connectivity index (χ4v) is 6.37. The van der Waals surface area contributed by atoms with Crippen LogP contribution in [-0.2, 0) is 15.8 Å². The van der Waals surface area contributed by atoms with Crippen LogP contribution in [0.2, 0.25) is 18.1 Å². The van der Waals surface area contributed by atoms with E-state index in [1.54, 1.807) is 0 Å². The summed E-state index contributed by atoms with van der Waals surface area (Å²) in [6, 6.07) is 0.0956. The summed E-state index contributed by atoms with van der Waals surface area (Å²) >= 11 is -1.15. The van der Waals surface area contributed by atoms with Gasteiger partial charge >= 0.3 is 6.09 Å². The highest BCUT2D eigenvalue weighted by molar-refractivity contribution is 7.90. The highest BCUT2D eigenvalue weighted by Crippen LogP contribution is 2.50. The van der Waals surface area contributed by atoms with E-state index in [9.17, 15) is 14.5 Å². The normalized spacial score (nSPS) is 27.2. The van der Waals surface area contributed by atoms with Gasteiger partial charge in [-0.2, -0.15) is 0 Å². The second kappa shape index (κ2) is 8.10. The van der Waals surface area contributed by atoms with Gasteiger partial charge in [0.05, 0.1) is 6.04 Å². The Morgan fingerprint density at radius 3 is 2.18 bits per heavy atom. The number of piperidine rings is 1. The molecule has 2 N–H and O–H groups in total. The third kappa shape index (κ3) is 5.25. The first kappa shape index (κ1) is 24.0. The van der Waals surface area contributed by atoms with E-state index in [1.807, 2.05) is 20.8 Å². The average molecular weight is 433 g/mol. The molecule has 2 aliphatic rings. The predicted molar refractivity (Wildman–Crippen MR) is 117 cm³/mol. The van der Waals surface area contributed by atoms with Gasteiger partial charge in [-0.25, -0.2) is 4.79 Å². The molecule has 2 unspecified atom stereocenters. The van der Waals surface area contributed by atoms with Crippen molar-refractivity contribution in [1.82, 2.24) is 9.62 Å². The molecule has 0 radical (unpaired) electrons. The van der Waals surface area contributed by atoms with Crippen molar-refractivity contribution in [3.05, 3.63) is 0 Å². The van der Waals surface area contributed by atoms with E-state index >= 15 is 0 Å². The average Bonchev–Trinajstić information content (AvgIpc) is 2.81. The van der Waals surface area contributed by atoms with Gasteiger partial charge < -0.3 is 19.0 Å². The molecule has 6 nitrogen and oxygen atoms in total. The Morgan fingerprint density at radius 2 is 1.75 bits per heavy atom. The summed E-state index contributed by atoms with van der Waals surface area (Å²) in [5.41, 5.74) is -0.0418. The molecule has 1 saturated heterocycles. The molecule has 1 heterocycles. The molecule has 28 heavy (non-hydrogen) atoms. The van der Waals surface area contributed by atoms with Crippen molar-refractivity contribution in [1.29, 1.82) is 0 Å². The van der Waals surface area contributed by atoms with Gasteiger partial charge in [-0.3, -0.25) is 0 Å². The Hall–Kier alpha value is -0.283. The van der Waals surface area contributed by atoms with Crippen LogP contribution in [-0.4, -0.2) is 59.0 Å². The minimum Gasteiger partial charge on any atom is -0.598 e. The van der Waals surface area contributed by atoms with Crippen LogP contribution in [0.1, 0.15) is 67.2 Å². The molecule has 2 fully saturated rings. The lowest BCUT2D eigenvalue weighted by atomic mass is 9.74. The number of hydrogen-bond donors (Lipinski definition) is 2. The molecule has 1 amide bonds. The van der Waals surface area contributed by atoms with Gasteiger partial charge in [-0.05, 0) is 70.0 Å². The Balaban J connectivity index is 2.19. The Labute approximate surface area is 175 Å². The number of nitrogens with one attached hydrogen (secondary N) is 1. The molecule has 0 aromatic carbocycles. The summed E-state index contributed by atoms with van der Waals surface area (Å²) in [6.45, 7) is 18.3. The zero-order valence-corrected chi connectivity index (χ0v) is 20.7. The van der Waals surface area contributed by atoms with Crippen LogP contribution in [0.5, 0.6) is 0 Å². The van der Waals surface area contributed by atoms with E-state index in [1.165, 1.54) is 4.90 Å². The molecule has 3 atom stereocenters. The summed E-state index contributed by atoms with van der Waals surface area (Å²) in [6.07, 6.45) is 2.68. The van der Waals surface area contributed by atoms with E-state index in [4.69, 9.17) is 4.43 Å². The third-order valence-electron chi connectivity index (χ3n) is 6.97. The second-order valence-corrected chi connectivity index (χ2v) is 17.9. The maximum absolute atomic E-state index is 12.8. The highest BCUT2D eigenvalue weighted by atomic mass is 32.2. The largest absolute Gasteiger partial charge is 0.598 e. The van der Waals surface area contributed by atoms with Gasteiger partial charge in [-0.1, -0.05) is 20.8 Å². The fourth-order valence-electron chi connectivity index (χ4n) is 4.05.